The number of aliphatic imine (C=N–C) groups is 1. The lowest BCUT2D eigenvalue weighted by atomic mass is 10.00. The van der Waals surface area contributed by atoms with Crippen LogP contribution in [0.1, 0.15) is 47.1 Å². The quantitative estimate of drug-likeness (QED) is 0.535. The van der Waals surface area contributed by atoms with Crippen LogP contribution in [0.4, 0.5) is 4.39 Å². The average Bonchev–Trinajstić information content (AvgIpc) is 3.37. The van der Waals surface area contributed by atoms with Crippen molar-refractivity contribution in [2.45, 2.75) is 25.3 Å². The van der Waals surface area contributed by atoms with Crippen molar-refractivity contribution in [2.24, 2.45) is 4.99 Å². The Labute approximate surface area is 175 Å². The molecular formula is C22H17BrFN3O2. The summed E-state index contributed by atoms with van der Waals surface area (Å²) in [6.07, 6.45) is 3.16. The van der Waals surface area contributed by atoms with Crippen LogP contribution in [0.25, 0.3) is 5.69 Å². The molecule has 5 nitrogen and oxygen atoms in total. The standard InChI is InChI=1S/C22H17BrFN3O2/c1-2-29-21(28)19-20-22(9-10-22)26-18(14-5-3-4-6-16(14)24)15-11-13(23)7-8-17(15)27(20)12-25-19/h3-8,11-12H,2,9-10H2,1H3. The third kappa shape index (κ3) is 2.83. The van der Waals surface area contributed by atoms with Crippen molar-refractivity contribution in [3.63, 3.8) is 0 Å². The van der Waals surface area contributed by atoms with Gasteiger partial charge in [0.25, 0.3) is 0 Å². The molecule has 2 heterocycles. The largest absolute Gasteiger partial charge is 0.461 e. The summed E-state index contributed by atoms with van der Waals surface area (Å²) in [7, 11) is 0. The number of nitrogens with zero attached hydrogens (tertiary/aromatic N) is 3. The average molecular weight is 454 g/mol. The van der Waals surface area contributed by atoms with Gasteiger partial charge in [0.2, 0.25) is 0 Å². The molecule has 1 saturated carbocycles. The van der Waals surface area contributed by atoms with Crippen molar-refractivity contribution in [2.75, 3.05) is 6.61 Å². The summed E-state index contributed by atoms with van der Waals surface area (Å²) in [4.78, 5) is 22.0. The van der Waals surface area contributed by atoms with E-state index >= 15 is 0 Å². The number of hydrogen-bond donors (Lipinski definition) is 0. The maximum absolute atomic E-state index is 14.8. The molecule has 0 saturated heterocycles. The molecule has 0 radical (unpaired) electrons. The van der Waals surface area contributed by atoms with Gasteiger partial charge in [-0.3, -0.25) is 9.56 Å². The predicted octanol–water partition coefficient (Wildman–Crippen LogP) is 4.79. The minimum Gasteiger partial charge on any atom is -0.461 e. The fraction of sp³-hybridized carbons (Fsp3) is 0.227. The second-order valence-electron chi connectivity index (χ2n) is 7.17. The molecular weight excluding hydrogens is 437 g/mol. The Hall–Kier alpha value is -2.80. The summed E-state index contributed by atoms with van der Waals surface area (Å²) >= 11 is 3.52. The van der Waals surface area contributed by atoms with Gasteiger partial charge in [-0.1, -0.05) is 28.1 Å². The molecule has 5 rings (SSSR count). The van der Waals surface area contributed by atoms with E-state index in [0.717, 1.165) is 28.6 Å². The molecule has 0 amide bonds. The first-order valence-electron chi connectivity index (χ1n) is 9.44. The van der Waals surface area contributed by atoms with Crippen molar-refractivity contribution >= 4 is 27.6 Å². The van der Waals surface area contributed by atoms with Gasteiger partial charge in [0.05, 0.1) is 23.7 Å². The summed E-state index contributed by atoms with van der Waals surface area (Å²) < 4.78 is 22.7. The molecule has 0 unspecified atom stereocenters. The van der Waals surface area contributed by atoms with Crippen LogP contribution in [-0.2, 0) is 10.3 Å². The zero-order valence-corrected chi connectivity index (χ0v) is 17.2. The molecule has 1 aromatic heterocycles. The van der Waals surface area contributed by atoms with Crippen LogP contribution < -0.4 is 0 Å². The van der Waals surface area contributed by atoms with Gasteiger partial charge < -0.3 is 4.74 Å². The van der Waals surface area contributed by atoms with Crippen molar-refractivity contribution in [3.8, 4) is 5.69 Å². The van der Waals surface area contributed by atoms with Gasteiger partial charge in [-0.15, -0.1) is 0 Å². The van der Waals surface area contributed by atoms with E-state index in [1.807, 2.05) is 22.8 Å². The molecule has 2 aromatic carbocycles. The Bertz CT molecular complexity index is 1180. The Kier molecular flexibility index (Phi) is 4.17. The minimum absolute atomic E-state index is 0.269. The zero-order valence-electron chi connectivity index (χ0n) is 15.7. The number of benzene rings is 2. The third-order valence-electron chi connectivity index (χ3n) is 5.33. The normalized spacial score (nSPS) is 15.9. The van der Waals surface area contributed by atoms with Gasteiger partial charge in [0.1, 0.15) is 17.7 Å². The Morgan fingerprint density at radius 1 is 1.24 bits per heavy atom. The van der Waals surface area contributed by atoms with Gasteiger partial charge in [0, 0.05) is 15.6 Å². The molecule has 1 aliphatic carbocycles. The van der Waals surface area contributed by atoms with E-state index in [1.165, 1.54) is 6.07 Å². The number of ether oxygens (including phenoxy) is 1. The topological polar surface area (TPSA) is 56.5 Å². The molecule has 0 bridgehead atoms. The number of fused-ring (bicyclic) bond motifs is 4. The van der Waals surface area contributed by atoms with E-state index in [1.54, 1.807) is 31.5 Å². The number of imidazole rings is 1. The fourth-order valence-corrected chi connectivity index (χ4v) is 4.25. The van der Waals surface area contributed by atoms with Crippen LogP contribution in [-0.4, -0.2) is 27.8 Å². The number of esters is 1. The lowest BCUT2D eigenvalue weighted by molar-refractivity contribution is 0.0517. The van der Waals surface area contributed by atoms with Crippen LogP contribution in [0, 0.1) is 5.82 Å². The van der Waals surface area contributed by atoms with Crippen LogP contribution in [0.2, 0.25) is 0 Å². The first-order chi connectivity index (χ1) is 14.0. The minimum atomic E-state index is -0.609. The van der Waals surface area contributed by atoms with Gasteiger partial charge >= 0.3 is 5.97 Å². The first-order valence-corrected chi connectivity index (χ1v) is 10.2. The summed E-state index contributed by atoms with van der Waals surface area (Å²) in [6, 6.07) is 12.4. The predicted molar refractivity (Wildman–Crippen MR) is 110 cm³/mol. The Morgan fingerprint density at radius 3 is 2.76 bits per heavy atom. The molecule has 29 heavy (non-hydrogen) atoms. The highest BCUT2D eigenvalue weighted by Crippen LogP contribution is 2.53. The number of carbonyl (C=O) groups excluding carboxylic acids is 1. The second-order valence-corrected chi connectivity index (χ2v) is 8.08. The van der Waals surface area contributed by atoms with Crippen molar-refractivity contribution in [1.82, 2.24) is 9.55 Å². The molecule has 3 aromatic rings. The molecule has 7 heteroatoms. The van der Waals surface area contributed by atoms with Gasteiger partial charge in [-0.2, -0.15) is 0 Å². The molecule has 2 aliphatic rings. The Balaban J connectivity index is 1.82. The van der Waals surface area contributed by atoms with Crippen molar-refractivity contribution < 1.29 is 13.9 Å². The SMILES string of the molecule is CCOC(=O)c1ncn2c1C1(CC1)N=C(c1ccccc1F)c1cc(Br)ccc1-2. The van der Waals surface area contributed by atoms with Crippen LogP contribution in [0.15, 0.2) is 58.3 Å². The van der Waals surface area contributed by atoms with Gasteiger partial charge in [-0.05, 0) is 50.1 Å². The molecule has 1 aliphatic heterocycles. The third-order valence-corrected chi connectivity index (χ3v) is 5.82. The van der Waals surface area contributed by atoms with Gasteiger partial charge in [-0.25, -0.2) is 14.2 Å². The molecule has 146 valence electrons. The summed E-state index contributed by atoms with van der Waals surface area (Å²) in [5.74, 6) is -0.793. The second kappa shape index (κ2) is 6.62. The van der Waals surface area contributed by atoms with E-state index in [4.69, 9.17) is 9.73 Å². The van der Waals surface area contributed by atoms with Crippen LogP contribution in [0.3, 0.4) is 0 Å². The smallest absolute Gasteiger partial charge is 0.358 e. The summed E-state index contributed by atoms with van der Waals surface area (Å²) in [5, 5.41) is 0. The maximum atomic E-state index is 14.8. The maximum Gasteiger partial charge on any atom is 0.358 e. The zero-order chi connectivity index (χ0) is 20.2. The van der Waals surface area contributed by atoms with Crippen LogP contribution in [0.5, 0.6) is 0 Å². The summed E-state index contributed by atoms with van der Waals surface area (Å²) in [5.41, 5.74) is 2.98. The van der Waals surface area contributed by atoms with Crippen molar-refractivity contribution in [3.05, 3.63) is 81.6 Å². The van der Waals surface area contributed by atoms with E-state index in [0.29, 0.717) is 17.0 Å². The molecule has 1 spiro atoms. The van der Waals surface area contributed by atoms with Crippen molar-refractivity contribution in [1.29, 1.82) is 0 Å². The highest BCUT2D eigenvalue weighted by molar-refractivity contribution is 9.10. The molecule has 0 N–H and O–H groups in total. The van der Waals surface area contributed by atoms with E-state index in [2.05, 4.69) is 20.9 Å². The van der Waals surface area contributed by atoms with Gasteiger partial charge in [0.15, 0.2) is 5.69 Å². The number of aromatic nitrogens is 2. The monoisotopic (exact) mass is 453 g/mol. The number of rotatable bonds is 3. The molecule has 1 fully saturated rings. The lowest BCUT2D eigenvalue weighted by Crippen LogP contribution is -2.16. The van der Waals surface area contributed by atoms with E-state index < -0.39 is 11.5 Å². The summed E-state index contributed by atoms with van der Waals surface area (Å²) in [6.45, 7) is 2.03. The molecule has 0 atom stereocenters. The number of hydrogen-bond acceptors (Lipinski definition) is 4. The van der Waals surface area contributed by atoms with E-state index in [9.17, 15) is 9.18 Å². The lowest BCUT2D eigenvalue weighted by Gasteiger charge is -2.13. The number of halogens is 2. The van der Waals surface area contributed by atoms with E-state index in [-0.39, 0.29) is 18.1 Å². The fourth-order valence-electron chi connectivity index (χ4n) is 3.89. The van der Waals surface area contributed by atoms with Crippen LogP contribution >= 0.6 is 15.9 Å². The highest BCUT2D eigenvalue weighted by Gasteiger charge is 2.52. The highest BCUT2D eigenvalue weighted by atomic mass is 79.9. The first kappa shape index (κ1) is 18.2. The Morgan fingerprint density at radius 2 is 2.03 bits per heavy atom. The number of carbonyl (C=O) groups is 1.